The van der Waals surface area contributed by atoms with Crippen LogP contribution in [0.3, 0.4) is 0 Å². The van der Waals surface area contributed by atoms with Gasteiger partial charge in [-0.25, -0.2) is 0 Å². The molecule has 1 atom stereocenters. The molecular weight excluding hydrogens is 222 g/mol. The summed E-state index contributed by atoms with van der Waals surface area (Å²) in [5, 5.41) is 10.7. The van der Waals surface area contributed by atoms with Crippen LogP contribution >= 0.6 is 0 Å². The number of hydrogen-bond acceptors (Lipinski definition) is 2. The first-order chi connectivity index (χ1) is 8.79. The molecule has 5 rings (SSSR count). The van der Waals surface area contributed by atoms with Crippen LogP contribution in [-0.2, 0) is 0 Å². The molecule has 3 nitrogen and oxygen atoms in total. The number of aromatic amines is 1. The standard InChI is InChI=1S/C15H23N3/c1-16-14(13-8-17-18-9-13)15-5-10-2-11(6-15)4-12(3-10)7-15/h8-12,14,16H,2-7H2,1H3,(H,17,18). The average Bonchev–Trinajstić information content (AvgIpc) is 2.81. The van der Waals surface area contributed by atoms with E-state index in [0.717, 1.165) is 17.8 Å². The van der Waals surface area contributed by atoms with Crippen molar-refractivity contribution in [3.05, 3.63) is 18.0 Å². The van der Waals surface area contributed by atoms with E-state index in [2.05, 4.69) is 28.8 Å². The molecule has 1 aromatic heterocycles. The SMILES string of the molecule is CNC(c1cn[nH]c1)C12CC3CC(CC(C3)C1)C2. The molecule has 3 heteroatoms. The maximum absolute atomic E-state index is 4.15. The summed E-state index contributed by atoms with van der Waals surface area (Å²) < 4.78 is 0. The summed E-state index contributed by atoms with van der Waals surface area (Å²) in [5.74, 6) is 3.04. The fourth-order valence-electron chi connectivity index (χ4n) is 5.78. The number of rotatable bonds is 3. The summed E-state index contributed by atoms with van der Waals surface area (Å²) in [4.78, 5) is 0. The van der Waals surface area contributed by atoms with Crippen LogP contribution in [0.15, 0.2) is 12.4 Å². The predicted molar refractivity (Wildman–Crippen MR) is 71.0 cm³/mol. The Labute approximate surface area is 109 Å². The zero-order valence-electron chi connectivity index (χ0n) is 11.2. The molecule has 1 heterocycles. The van der Waals surface area contributed by atoms with Crippen LogP contribution in [0.5, 0.6) is 0 Å². The molecule has 4 saturated carbocycles. The maximum atomic E-state index is 4.15. The molecule has 0 spiro atoms. The molecule has 2 N–H and O–H groups in total. The highest BCUT2D eigenvalue weighted by molar-refractivity contribution is 5.18. The van der Waals surface area contributed by atoms with Crippen molar-refractivity contribution < 1.29 is 0 Å². The minimum absolute atomic E-state index is 0.504. The Bertz CT molecular complexity index is 388. The third-order valence-corrected chi connectivity index (χ3v) is 5.84. The largest absolute Gasteiger partial charge is 0.312 e. The molecule has 0 aliphatic heterocycles. The monoisotopic (exact) mass is 245 g/mol. The van der Waals surface area contributed by atoms with Gasteiger partial charge in [0.05, 0.1) is 6.20 Å². The van der Waals surface area contributed by atoms with Gasteiger partial charge in [0.2, 0.25) is 0 Å². The second-order valence-electron chi connectivity index (χ2n) is 7.03. The van der Waals surface area contributed by atoms with Crippen molar-refractivity contribution in [2.75, 3.05) is 7.05 Å². The van der Waals surface area contributed by atoms with E-state index in [1.165, 1.54) is 44.1 Å². The Morgan fingerprint density at radius 1 is 1.22 bits per heavy atom. The first-order valence-corrected chi connectivity index (χ1v) is 7.45. The van der Waals surface area contributed by atoms with Crippen molar-refractivity contribution in [2.45, 2.75) is 44.6 Å². The summed E-state index contributed by atoms with van der Waals surface area (Å²) in [5.41, 5.74) is 1.88. The van der Waals surface area contributed by atoms with Crippen molar-refractivity contribution in [1.29, 1.82) is 0 Å². The van der Waals surface area contributed by atoms with E-state index < -0.39 is 0 Å². The predicted octanol–water partition coefficient (Wildman–Crippen LogP) is 2.89. The fourth-order valence-corrected chi connectivity index (χ4v) is 5.78. The Morgan fingerprint density at radius 3 is 2.28 bits per heavy atom. The van der Waals surface area contributed by atoms with E-state index in [1.807, 2.05) is 6.20 Å². The van der Waals surface area contributed by atoms with Crippen molar-refractivity contribution in [3.63, 3.8) is 0 Å². The molecule has 4 aliphatic carbocycles. The number of H-pyrrole nitrogens is 1. The van der Waals surface area contributed by atoms with Gasteiger partial charge >= 0.3 is 0 Å². The Morgan fingerprint density at radius 2 is 1.83 bits per heavy atom. The zero-order chi connectivity index (χ0) is 12.2. The zero-order valence-corrected chi connectivity index (χ0v) is 11.2. The molecule has 0 amide bonds. The normalized spacial score (nSPS) is 43.3. The first-order valence-electron chi connectivity index (χ1n) is 7.45. The summed E-state index contributed by atoms with van der Waals surface area (Å²) in [7, 11) is 2.12. The van der Waals surface area contributed by atoms with E-state index in [-0.39, 0.29) is 0 Å². The Balaban J connectivity index is 1.70. The molecule has 98 valence electrons. The van der Waals surface area contributed by atoms with Crippen molar-refractivity contribution in [2.24, 2.45) is 23.2 Å². The molecule has 4 bridgehead atoms. The quantitative estimate of drug-likeness (QED) is 0.859. The molecule has 18 heavy (non-hydrogen) atoms. The van der Waals surface area contributed by atoms with Crippen molar-refractivity contribution in [1.82, 2.24) is 15.5 Å². The van der Waals surface area contributed by atoms with Crippen LogP contribution in [-0.4, -0.2) is 17.2 Å². The lowest BCUT2D eigenvalue weighted by Crippen LogP contribution is -2.51. The van der Waals surface area contributed by atoms with E-state index in [1.54, 1.807) is 0 Å². The fraction of sp³-hybridized carbons (Fsp3) is 0.800. The molecule has 4 fully saturated rings. The summed E-state index contributed by atoms with van der Waals surface area (Å²) in [6, 6.07) is 0.504. The second kappa shape index (κ2) is 3.83. The molecule has 4 aliphatic rings. The van der Waals surface area contributed by atoms with E-state index in [9.17, 15) is 0 Å². The minimum atomic E-state index is 0.504. The van der Waals surface area contributed by atoms with Crippen LogP contribution in [0.4, 0.5) is 0 Å². The van der Waals surface area contributed by atoms with Crippen LogP contribution in [0, 0.1) is 23.2 Å². The highest BCUT2D eigenvalue weighted by Crippen LogP contribution is 2.63. The molecule has 1 aromatic rings. The maximum Gasteiger partial charge on any atom is 0.0535 e. The van der Waals surface area contributed by atoms with Gasteiger partial charge in [0.1, 0.15) is 0 Å². The topological polar surface area (TPSA) is 40.7 Å². The van der Waals surface area contributed by atoms with Crippen LogP contribution in [0.1, 0.15) is 50.1 Å². The smallest absolute Gasteiger partial charge is 0.0535 e. The third-order valence-electron chi connectivity index (χ3n) is 5.84. The number of nitrogens with zero attached hydrogens (tertiary/aromatic N) is 1. The second-order valence-corrected chi connectivity index (χ2v) is 7.03. The molecular formula is C15H23N3. The third kappa shape index (κ3) is 1.49. The van der Waals surface area contributed by atoms with E-state index in [0.29, 0.717) is 11.5 Å². The highest BCUT2D eigenvalue weighted by Gasteiger charge is 2.54. The highest BCUT2D eigenvalue weighted by atomic mass is 15.1. The van der Waals surface area contributed by atoms with Crippen LogP contribution in [0.2, 0.25) is 0 Å². The lowest BCUT2D eigenvalue weighted by Gasteiger charge is -2.59. The van der Waals surface area contributed by atoms with Gasteiger partial charge in [-0.15, -0.1) is 0 Å². The Kier molecular flexibility index (Phi) is 2.35. The minimum Gasteiger partial charge on any atom is -0.312 e. The van der Waals surface area contributed by atoms with Gasteiger partial charge in [0, 0.05) is 17.8 Å². The summed E-state index contributed by atoms with van der Waals surface area (Å²) >= 11 is 0. The van der Waals surface area contributed by atoms with Crippen LogP contribution in [0.25, 0.3) is 0 Å². The number of nitrogens with one attached hydrogen (secondary N) is 2. The van der Waals surface area contributed by atoms with Gasteiger partial charge in [-0.05, 0) is 68.7 Å². The number of hydrogen-bond donors (Lipinski definition) is 2. The van der Waals surface area contributed by atoms with Gasteiger partial charge in [-0.3, -0.25) is 5.10 Å². The average molecular weight is 245 g/mol. The molecule has 0 saturated heterocycles. The summed E-state index contributed by atoms with van der Waals surface area (Å²) in [6.45, 7) is 0. The van der Waals surface area contributed by atoms with Crippen molar-refractivity contribution in [3.8, 4) is 0 Å². The molecule has 0 aromatic carbocycles. The van der Waals surface area contributed by atoms with Gasteiger partial charge < -0.3 is 5.32 Å². The lowest BCUT2D eigenvalue weighted by atomic mass is 9.47. The summed E-state index contributed by atoms with van der Waals surface area (Å²) in [6.07, 6.45) is 13.0. The van der Waals surface area contributed by atoms with Crippen LogP contribution < -0.4 is 5.32 Å². The van der Waals surface area contributed by atoms with E-state index >= 15 is 0 Å². The number of aromatic nitrogens is 2. The lowest BCUT2D eigenvalue weighted by molar-refractivity contribution is -0.0736. The molecule has 0 radical (unpaired) electrons. The van der Waals surface area contributed by atoms with Gasteiger partial charge in [0.25, 0.3) is 0 Å². The van der Waals surface area contributed by atoms with E-state index in [4.69, 9.17) is 0 Å². The first kappa shape index (κ1) is 11.0. The Hall–Kier alpha value is -0.830. The van der Waals surface area contributed by atoms with Crippen molar-refractivity contribution >= 4 is 0 Å². The van der Waals surface area contributed by atoms with Gasteiger partial charge in [-0.2, -0.15) is 5.10 Å². The van der Waals surface area contributed by atoms with Gasteiger partial charge in [-0.1, -0.05) is 0 Å². The molecule has 1 unspecified atom stereocenters. The van der Waals surface area contributed by atoms with Gasteiger partial charge in [0.15, 0.2) is 0 Å².